The van der Waals surface area contributed by atoms with Gasteiger partial charge < -0.3 is 10.1 Å². The van der Waals surface area contributed by atoms with Gasteiger partial charge in [0.15, 0.2) is 0 Å². The minimum Gasteiger partial charge on any atom is -0.496 e. The number of fused-ring (bicyclic) bond motifs is 1. The van der Waals surface area contributed by atoms with Crippen LogP contribution in [0.3, 0.4) is 0 Å². The van der Waals surface area contributed by atoms with E-state index in [-0.39, 0.29) is 21.9 Å². The Morgan fingerprint density at radius 1 is 1.04 bits per heavy atom. The third kappa shape index (κ3) is 3.22. The Balaban J connectivity index is 2.02. The number of anilines is 1. The largest absolute Gasteiger partial charge is 0.496 e. The minimum atomic E-state index is -3.97. The first-order valence-corrected chi connectivity index (χ1v) is 9.76. The zero-order chi connectivity index (χ0) is 20.6. The van der Waals surface area contributed by atoms with E-state index in [9.17, 15) is 18.0 Å². The van der Waals surface area contributed by atoms with Crippen molar-refractivity contribution in [2.45, 2.75) is 4.90 Å². The molecule has 0 bridgehead atoms. The number of nitrogens with one attached hydrogen (secondary N) is 2. The predicted octanol–water partition coefficient (Wildman–Crippen LogP) is 1.05. The highest BCUT2D eigenvalue weighted by Crippen LogP contribution is 2.25. The zero-order valence-electron chi connectivity index (χ0n) is 15.8. The van der Waals surface area contributed by atoms with Crippen LogP contribution in [0.2, 0.25) is 0 Å². The summed E-state index contributed by atoms with van der Waals surface area (Å²) in [6, 6.07) is 8.84. The number of benzene rings is 2. The molecular weight excluding hydrogens is 384 g/mol. The van der Waals surface area contributed by atoms with Crippen molar-refractivity contribution >= 4 is 32.7 Å². The van der Waals surface area contributed by atoms with E-state index in [0.717, 1.165) is 0 Å². The molecule has 2 aromatic carbocycles. The maximum absolute atomic E-state index is 12.8. The highest BCUT2D eigenvalue weighted by atomic mass is 32.2. The monoisotopic (exact) mass is 404 g/mol. The van der Waals surface area contributed by atoms with Crippen LogP contribution in [0.4, 0.5) is 5.69 Å². The van der Waals surface area contributed by atoms with E-state index in [1.54, 1.807) is 32.3 Å². The fourth-order valence-corrected chi connectivity index (χ4v) is 4.03. The number of methoxy groups -OCH3 is 1. The van der Waals surface area contributed by atoms with Gasteiger partial charge in [0.25, 0.3) is 15.9 Å². The van der Waals surface area contributed by atoms with Gasteiger partial charge in [0, 0.05) is 21.1 Å². The molecule has 2 N–H and O–H groups in total. The lowest BCUT2D eigenvalue weighted by Crippen LogP contribution is -2.20. The van der Waals surface area contributed by atoms with Gasteiger partial charge in [-0.1, -0.05) is 0 Å². The van der Waals surface area contributed by atoms with Crippen molar-refractivity contribution in [2.24, 2.45) is 14.1 Å². The normalized spacial score (nSPS) is 11.4. The average Bonchev–Trinajstić information content (AvgIpc) is 2.90. The molecule has 0 atom stereocenters. The number of ether oxygens (including phenoxy) is 1. The van der Waals surface area contributed by atoms with Crippen LogP contribution in [-0.2, 0) is 24.1 Å². The molecule has 0 aliphatic rings. The van der Waals surface area contributed by atoms with Crippen LogP contribution in [0.15, 0.2) is 46.1 Å². The molecule has 0 spiro atoms. The quantitative estimate of drug-likeness (QED) is 0.660. The highest BCUT2D eigenvalue weighted by molar-refractivity contribution is 7.92. The van der Waals surface area contributed by atoms with Crippen molar-refractivity contribution in [3.8, 4) is 5.75 Å². The first-order valence-electron chi connectivity index (χ1n) is 8.28. The summed E-state index contributed by atoms with van der Waals surface area (Å²) in [6.07, 6.45) is 0. The zero-order valence-corrected chi connectivity index (χ0v) is 16.6. The van der Waals surface area contributed by atoms with Gasteiger partial charge >= 0.3 is 5.69 Å². The van der Waals surface area contributed by atoms with E-state index < -0.39 is 15.9 Å². The lowest BCUT2D eigenvalue weighted by atomic mass is 10.2. The Kier molecular flexibility index (Phi) is 4.90. The maximum Gasteiger partial charge on any atom is 0.328 e. The van der Waals surface area contributed by atoms with Gasteiger partial charge in [-0.2, -0.15) is 0 Å². The van der Waals surface area contributed by atoms with Crippen molar-refractivity contribution in [3.63, 3.8) is 0 Å². The Labute approximate surface area is 161 Å². The number of aryl methyl sites for hydroxylation is 2. The number of amides is 1. The molecule has 148 valence electrons. The van der Waals surface area contributed by atoms with E-state index in [4.69, 9.17) is 4.74 Å². The van der Waals surface area contributed by atoms with Gasteiger partial charge in [0.2, 0.25) is 0 Å². The molecule has 0 aliphatic carbocycles. The molecule has 1 heterocycles. The van der Waals surface area contributed by atoms with E-state index in [1.165, 1.54) is 41.5 Å². The number of aromatic nitrogens is 2. The molecule has 10 heteroatoms. The number of carbonyl (C=O) groups excluding carboxylic acids is 1. The molecule has 28 heavy (non-hydrogen) atoms. The Hall–Kier alpha value is -3.27. The molecule has 0 aliphatic heterocycles. The summed E-state index contributed by atoms with van der Waals surface area (Å²) in [7, 11) is 2.13. The topological polar surface area (TPSA) is 111 Å². The van der Waals surface area contributed by atoms with Crippen LogP contribution < -0.4 is 20.5 Å². The van der Waals surface area contributed by atoms with Gasteiger partial charge in [0.05, 0.1) is 34.3 Å². The molecule has 0 fully saturated rings. The summed E-state index contributed by atoms with van der Waals surface area (Å²) < 4.78 is 36.1. The Bertz CT molecular complexity index is 1240. The molecular formula is C18H20N4O5S. The fraction of sp³-hybridized carbons (Fsp3) is 0.222. The number of imidazole rings is 1. The first kappa shape index (κ1) is 19.5. The summed E-state index contributed by atoms with van der Waals surface area (Å²) in [4.78, 5) is 24.0. The summed E-state index contributed by atoms with van der Waals surface area (Å²) in [5.74, 6) is -0.200. The molecule has 9 nitrogen and oxygen atoms in total. The number of rotatable bonds is 5. The van der Waals surface area contributed by atoms with Gasteiger partial charge in [-0.25, -0.2) is 13.2 Å². The van der Waals surface area contributed by atoms with Crippen LogP contribution in [0.25, 0.3) is 11.0 Å². The van der Waals surface area contributed by atoms with Crippen molar-refractivity contribution in [3.05, 3.63) is 52.4 Å². The van der Waals surface area contributed by atoms with Crippen LogP contribution in [0.5, 0.6) is 5.75 Å². The summed E-state index contributed by atoms with van der Waals surface area (Å²) in [5, 5.41) is 2.45. The smallest absolute Gasteiger partial charge is 0.328 e. The van der Waals surface area contributed by atoms with Gasteiger partial charge in [-0.05, 0) is 36.4 Å². The molecule has 0 saturated heterocycles. The van der Waals surface area contributed by atoms with Crippen molar-refractivity contribution < 1.29 is 17.9 Å². The van der Waals surface area contributed by atoms with Crippen molar-refractivity contribution in [2.75, 3.05) is 18.9 Å². The fourth-order valence-electron chi connectivity index (χ4n) is 2.95. The first-order chi connectivity index (χ1) is 13.2. The Morgan fingerprint density at radius 3 is 2.36 bits per heavy atom. The van der Waals surface area contributed by atoms with Gasteiger partial charge in [-0.3, -0.25) is 18.7 Å². The van der Waals surface area contributed by atoms with E-state index in [0.29, 0.717) is 16.7 Å². The molecule has 1 amide bonds. The van der Waals surface area contributed by atoms with Crippen LogP contribution in [0, 0.1) is 0 Å². The number of sulfonamides is 1. The molecule has 0 radical (unpaired) electrons. The van der Waals surface area contributed by atoms with E-state index in [1.807, 2.05) is 0 Å². The highest BCUT2D eigenvalue weighted by Gasteiger charge is 2.20. The molecule has 3 aromatic rings. The summed E-state index contributed by atoms with van der Waals surface area (Å²) in [5.41, 5.74) is 1.47. The lowest BCUT2D eigenvalue weighted by molar-refractivity contribution is 0.0960. The van der Waals surface area contributed by atoms with Gasteiger partial charge in [-0.15, -0.1) is 0 Å². The molecule has 1 aromatic heterocycles. The molecule has 3 rings (SSSR count). The summed E-state index contributed by atoms with van der Waals surface area (Å²) >= 11 is 0. The molecule has 0 saturated carbocycles. The molecule has 0 unspecified atom stereocenters. The maximum atomic E-state index is 12.8. The van der Waals surface area contributed by atoms with Gasteiger partial charge in [0.1, 0.15) is 5.75 Å². The predicted molar refractivity (Wildman–Crippen MR) is 105 cm³/mol. The summed E-state index contributed by atoms with van der Waals surface area (Å²) in [6.45, 7) is 0. The second-order valence-electron chi connectivity index (χ2n) is 6.15. The van der Waals surface area contributed by atoms with Crippen LogP contribution in [0.1, 0.15) is 10.4 Å². The van der Waals surface area contributed by atoms with Crippen LogP contribution in [-0.4, -0.2) is 37.6 Å². The van der Waals surface area contributed by atoms with Crippen LogP contribution >= 0.6 is 0 Å². The standard InChI is InChI=1S/C18H20N4O5S/c1-19-17(23)13-10-12(6-8-16(13)27-4)28(25,26)20-11-5-7-14-15(9-11)22(3)18(24)21(14)2/h5-10,20H,1-4H3,(H,19,23). The van der Waals surface area contributed by atoms with E-state index >= 15 is 0 Å². The second-order valence-corrected chi connectivity index (χ2v) is 7.83. The minimum absolute atomic E-state index is 0.0889. The van der Waals surface area contributed by atoms with Crippen molar-refractivity contribution in [1.82, 2.24) is 14.5 Å². The lowest BCUT2D eigenvalue weighted by Gasteiger charge is -2.12. The number of hydrogen-bond acceptors (Lipinski definition) is 5. The number of hydrogen-bond donors (Lipinski definition) is 2. The number of nitrogens with zero attached hydrogens (tertiary/aromatic N) is 2. The third-order valence-corrected chi connectivity index (χ3v) is 5.86. The number of carbonyl (C=O) groups is 1. The second kappa shape index (κ2) is 7.04. The Morgan fingerprint density at radius 2 is 1.71 bits per heavy atom. The van der Waals surface area contributed by atoms with Crippen molar-refractivity contribution in [1.29, 1.82) is 0 Å². The SMILES string of the molecule is CNC(=O)c1cc(S(=O)(=O)Nc2ccc3c(c2)n(C)c(=O)n3C)ccc1OC. The third-order valence-electron chi connectivity index (χ3n) is 4.48. The van der Waals surface area contributed by atoms with E-state index in [2.05, 4.69) is 10.0 Å². The average molecular weight is 404 g/mol.